The van der Waals surface area contributed by atoms with Crippen LogP contribution in [0, 0.1) is 0 Å². The monoisotopic (exact) mass is 502 g/mol. The minimum absolute atomic E-state index is 0. The zero-order chi connectivity index (χ0) is 17.8. The Balaban J connectivity index is 0.00000576. The zero-order valence-corrected chi connectivity index (χ0v) is 19.1. The van der Waals surface area contributed by atoms with Crippen LogP contribution >= 0.6 is 35.3 Å². The van der Waals surface area contributed by atoms with Gasteiger partial charge in [-0.15, -0.1) is 35.3 Å². The zero-order valence-electron chi connectivity index (χ0n) is 15.1. The SMILES string of the molecule is CCCCCCCCN=C(N)NCCN(C)S(=O)(=O)c1cccs1.I. The molecule has 0 fully saturated rings. The summed E-state index contributed by atoms with van der Waals surface area (Å²) in [5.74, 6) is 0.380. The number of guanidine groups is 1. The summed E-state index contributed by atoms with van der Waals surface area (Å²) >= 11 is 1.22. The minimum atomic E-state index is -3.39. The summed E-state index contributed by atoms with van der Waals surface area (Å²) in [5.41, 5.74) is 5.80. The van der Waals surface area contributed by atoms with E-state index in [1.807, 2.05) is 0 Å². The van der Waals surface area contributed by atoms with Crippen LogP contribution in [0.4, 0.5) is 0 Å². The Kier molecular flexibility index (Phi) is 13.6. The van der Waals surface area contributed by atoms with Crippen LogP contribution in [0.15, 0.2) is 26.7 Å². The van der Waals surface area contributed by atoms with E-state index in [1.165, 1.54) is 47.7 Å². The number of sulfonamides is 1. The van der Waals surface area contributed by atoms with Crippen molar-refractivity contribution in [2.75, 3.05) is 26.7 Å². The smallest absolute Gasteiger partial charge is 0.252 e. The number of hydrogen-bond donors (Lipinski definition) is 2. The van der Waals surface area contributed by atoms with Crippen molar-refractivity contribution < 1.29 is 8.42 Å². The number of nitrogens with zero attached hydrogens (tertiary/aromatic N) is 2. The first kappa shape index (κ1) is 24.6. The molecule has 1 aromatic heterocycles. The van der Waals surface area contributed by atoms with Crippen molar-refractivity contribution in [3.63, 3.8) is 0 Å². The first-order valence-electron chi connectivity index (χ1n) is 8.52. The number of aliphatic imine (C=N–C) groups is 1. The molecular weight excluding hydrogens is 471 g/mol. The van der Waals surface area contributed by atoms with Crippen molar-refractivity contribution in [2.24, 2.45) is 10.7 Å². The van der Waals surface area contributed by atoms with Gasteiger partial charge in [-0.05, 0) is 17.9 Å². The van der Waals surface area contributed by atoms with E-state index in [0.29, 0.717) is 29.8 Å². The van der Waals surface area contributed by atoms with Crippen LogP contribution in [0.1, 0.15) is 45.4 Å². The number of nitrogens with one attached hydrogen (secondary N) is 1. The van der Waals surface area contributed by atoms with E-state index in [9.17, 15) is 8.42 Å². The number of thiophene rings is 1. The van der Waals surface area contributed by atoms with Crippen molar-refractivity contribution in [3.05, 3.63) is 17.5 Å². The van der Waals surface area contributed by atoms with Crippen LogP contribution in [-0.4, -0.2) is 45.4 Å². The Morgan fingerprint density at radius 1 is 1.28 bits per heavy atom. The maximum absolute atomic E-state index is 12.2. The van der Waals surface area contributed by atoms with E-state index in [0.717, 1.165) is 6.42 Å². The van der Waals surface area contributed by atoms with Gasteiger partial charge in [0.25, 0.3) is 10.0 Å². The van der Waals surface area contributed by atoms with Crippen molar-refractivity contribution in [1.29, 1.82) is 0 Å². The molecule has 0 atom stereocenters. The van der Waals surface area contributed by atoms with Gasteiger partial charge in [0.2, 0.25) is 0 Å². The van der Waals surface area contributed by atoms with Gasteiger partial charge in [0.05, 0.1) is 0 Å². The Hall–Kier alpha value is -0.390. The van der Waals surface area contributed by atoms with Gasteiger partial charge in [0.15, 0.2) is 5.96 Å². The lowest BCUT2D eigenvalue weighted by Crippen LogP contribution is -2.39. The summed E-state index contributed by atoms with van der Waals surface area (Å²) in [6.45, 7) is 3.70. The molecular formula is C16H31IN4O2S2. The standard InChI is InChI=1S/C16H30N4O2S2.HI/c1-3-4-5-6-7-8-11-18-16(17)19-12-13-20(2)24(21,22)15-10-9-14-23-15;/h9-10,14H,3-8,11-13H2,1-2H3,(H3,17,18,19);1H. The highest BCUT2D eigenvalue weighted by Gasteiger charge is 2.20. The Labute approximate surface area is 173 Å². The minimum Gasteiger partial charge on any atom is -0.370 e. The highest BCUT2D eigenvalue weighted by Crippen LogP contribution is 2.19. The molecule has 0 aliphatic heterocycles. The molecule has 146 valence electrons. The lowest BCUT2D eigenvalue weighted by Gasteiger charge is -2.16. The van der Waals surface area contributed by atoms with E-state index >= 15 is 0 Å². The number of nitrogens with two attached hydrogens (primary N) is 1. The third kappa shape index (κ3) is 9.76. The van der Waals surface area contributed by atoms with Gasteiger partial charge < -0.3 is 11.1 Å². The molecule has 0 aliphatic rings. The largest absolute Gasteiger partial charge is 0.370 e. The summed E-state index contributed by atoms with van der Waals surface area (Å²) in [4.78, 5) is 4.27. The molecule has 0 radical (unpaired) electrons. The number of unbranched alkanes of at least 4 members (excludes halogenated alkanes) is 5. The average Bonchev–Trinajstić information content (AvgIpc) is 3.09. The number of rotatable bonds is 12. The van der Waals surface area contributed by atoms with Crippen LogP contribution in [0.5, 0.6) is 0 Å². The molecule has 1 rings (SSSR count). The fourth-order valence-corrected chi connectivity index (χ4v) is 4.55. The lowest BCUT2D eigenvalue weighted by atomic mass is 10.1. The second-order valence-corrected chi connectivity index (χ2v) is 8.94. The first-order chi connectivity index (χ1) is 11.5. The molecule has 0 aromatic carbocycles. The van der Waals surface area contributed by atoms with Crippen LogP contribution < -0.4 is 11.1 Å². The molecule has 0 bridgehead atoms. The van der Waals surface area contributed by atoms with Gasteiger partial charge in [-0.3, -0.25) is 4.99 Å². The number of halogens is 1. The van der Waals surface area contributed by atoms with E-state index in [4.69, 9.17) is 5.73 Å². The molecule has 0 aliphatic carbocycles. The molecule has 6 nitrogen and oxygen atoms in total. The predicted octanol–water partition coefficient (Wildman–Crippen LogP) is 3.25. The Morgan fingerprint density at radius 3 is 2.60 bits per heavy atom. The molecule has 1 heterocycles. The van der Waals surface area contributed by atoms with E-state index in [1.54, 1.807) is 24.6 Å². The van der Waals surface area contributed by atoms with E-state index in [-0.39, 0.29) is 24.0 Å². The van der Waals surface area contributed by atoms with E-state index < -0.39 is 10.0 Å². The molecule has 9 heteroatoms. The van der Waals surface area contributed by atoms with Crippen LogP contribution in [0.25, 0.3) is 0 Å². The highest BCUT2D eigenvalue weighted by atomic mass is 127. The van der Waals surface area contributed by atoms with Gasteiger partial charge >= 0.3 is 0 Å². The maximum atomic E-state index is 12.2. The van der Waals surface area contributed by atoms with Gasteiger partial charge in [-0.25, -0.2) is 8.42 Å². The van der Waals surface area contributed by atoms with Crippen molar-refractivity contribution >= 4 is 51.3 Å². The van der Waals surface area contributed by atoms with Crippen LogP contribution in [0.2, 0.25) is 0 Å². The summed E-state index contributed by atoms with van der Waals surface area (Å²) in [6.07, 6.45) is 7.32. The van der Waals surface area contributed by atoms with Gasteiger partial charge in [0.1, 0.15) is 4.21 Å². The highest BCUT2D eigenvalue weighted by molar-refractivity contribution is 14.0. The number of likely N-dealkylation sites (N-methyl/N-ethyl adjacent to an activating group) is 1. The van der Waals surface area contributed by atoms with Crippen LogP contribution in [-0.2, 0) is 10.0 Å². The first-order valence-corrected chi connectivity index (χ1v) is 10.8. The normalized spacial score (nSPS) is 12.2. The maximum Gasteiger partial charge on any atom is 0.252 e. The topological polar surface area (TPSA) is 87.8 Å². The van der Waals surface area contributed by atoms with Crippen molar-refractivity contribution in [1.82, 2.24) is 9.62 Å². The summed E-state index contributed by atoms with van der Waals surface area (Å²) < 4.78 is 26.2. The summed E-state index contributed by atoms with van der Waals surface area (Å²) in [6, 6.07) is 3.34. The molecule has 0 unspecified atom stereocenters. The summed E-state index contributed by atoms with van der Waals surface area (Å²) in [7, 11) is -1.82. The molecule has 1 aromatic rings. The predicted molar refractivity (Wildman–Crippen MR) is 117 cm³/mol. The summed E-state index contributed by atoms with van der Waals surface area (Å²) in [5, 5.41) is 4.72. The molecule has 0 spiro atoms. The average molecular weight is 502 g/mol. The number of hydrogen-bond acceptors (Lipinski definition) is 4. The second-order valence-electron chi connectivity index (χ2n) is 5.72. The third-order valence-electron chi connectivity index (χ3n) is 3.69. The van der Waals surface area contributed by atoms with Gasteiger partial charge in [-0.1, -0.05) is 45.1 Å². The molecule has 0 amide bonds. The van der Waals surface area contributed by atoms with Crippen molar-refractivity contribution in [3.8, 4) is 0 Å². The molecule has 25 heavy (non-hydrogen) atoms. The van der Waals surface area contributed by atoms with Gasteiger partial charge in [-0.2, -0.15) is 4.31 Å². The van der Waals surface area contributed by atoms with Gasteiger partial charge in [0, 0.05) is 26.7 Å². The quantitative estimate of drug-likeness (QED) is 0.199. The molecule has 0 saturated heterocycles. The van der Waals surface area contributed by atoms with Crippen LogP contribution in [0.3, 0.4) is 0 Å². The third-order valence-corrected chi connectivity index (χ3v) is 6.92. The Morgan fingerprint density at radius 2 is 1.96 bits per heavy atom. The van der Waals surface area contributed by atoms with Crippen molar-refractivity contribution in [2.45, 2.75) is 49.7 Å². The van der Waals surface area contributed by atoms with E-state index in [2.05, 4.69) is 17.2 Å². The lowest BCUT2D eigenvalue weighted by molar-refractivity contribution is 0.472. The fraction of sp³-hybridized carbons (Fsp3) is 0.688. The fourth-order valence-electron chi connectivity index (χ4n) is 2.17. The molecule has 0 saturated carbocycles. The Bertz CT molecular complexity index is 577. The second kappa shape index (κ2) is 13.8. The molecule has 3 N–H and O–H groups in total.